The van der Waals surface area contributed by atoms with Crippen LogP contribution in [0.5, 0.6) is 0 Å². The summed E-state index contributed by atoms with van der Waals surface area (Å²) in [5, 5.41) is 0. The lowest BCUT2D eigenvalue weighted by molar-refractivity contribution is -0.130. The monoisotopic (exact) mass is 254 g/mol. The molecule has 0 aromatic rings. The van der Waals surface area contributed by atoms with Crippen molar-refractivity contribution in [2.24, 2.45) is 17.1 Å². The highest BCUT2D eigenvalue weighted by atomic mass is 16.2. The molecular weight excluding hydrogens is 224 g/mol. The van der Waals surface area contributed by atoms with Gasteiger partial charge in [-0.1, -0.05) is 32.9 Å². The van der Waals surface area contributed by atoms with Crippen molar-refractivity contribution in [2.45, 2.75) is 47.0 Å². The van der Waals surface area contributed by atoms with Gasteiger partial charge in [0, 0.05) is 20.0 Å². The Hall–Kier alpha value is -0.830. The van der Waals surface area contributed by atoms with Crippen LogP contribution in [0.3, 0.4) is 0 Å². The third-order valence-corrected chi connectivity index (χ3v) is 3.38. The van der Waals surface area contributed by atoms with Crippen LogP contribution < -0.4 is 5.73 Å². The first-order valence-corrected chi connectivity index (χ1v) is 6.77. The summed E-state index contributed by atoms with van der Waals surface area (Å²) in [5.41, 5.74) is 6.88. The van der Waals surface area contributed by atoms with Crippen LogP contribution in [0.2, 0.25) is 0 Å². The lowest BCUT2D eigenvalue weighted by atomic mass is 9.76. The smallest absolute Gasteiger partial charge is 0.222 e. The fourth-order valence-electron chi connectivity index (χ4n) is 2.19. The van der Waals surface area contributed by atoms with Crippen LogP contribution in [-0.4, -0.2) is 30.9 Å². The maximum atomic E-state index is 12.0. The fourth-order valence-corrected chi connectivity index (χ4v) is 2.19. The summed E-state index contributed by atoms with van der Waals surface area (Å²) in [6.07, 6.45) is 2.51. The van der Waals surface area contributed by atoms with E-state index in [1.165, 1.54) is 0 Å². The van der Waals surface area contributed by atoms with Crippen molar-refractivity contribution >= 4 is 5.91 Å². The van der Waals surface area contributed by atoms with E-state index in [0.717, 1.165) is 18.4 Å². The van der Waals surface area contributed by atoms with E-state index >= 15 is 0 Å². The van der Waals surface area contributed by atoms with Crippen LogP contribution in [0.25, 0.3) is 0 Å². The van der Waals surface area contributed by atoms with Gasteiger partial charge < -0.3 is 10.6 Å². The number of nitrogens with two attached hydrogens (primary N) is 1. The molecule has 0 spiro atoms. The largest absolute Gasteiger partial charge is 0.342 e. The second-order valence-electron chi connectivity index (χ2n) is 6.39. The number of carbonyl (C=O) groups excluding carboxylic acids is 1. The zero-order valence-electron chi connectivity index (χ0n) is 12.8. The van der Waals surface area contributed by atoms with Crippen LogP contribution in [0, 0.1) is 11.3 Å². The molecule has 2 N–H and O–H groups in total. The Kier molecular flexibility index (Phi) is 7.22. The van der Waals surface area contributed by atoms with Crippen molar-refractivity contribution < 1.29 is 4.79 Å². The van der Waals surface area contributed by atoms with Gasteiger partial charge in [-0.2, -0.15) is 0 Å². The average Bonchev–Trinajstić information content (AvgIpc) is 2.20. The molecule has 0 aromatic carbocycles. The Balaban J connectivity index is 4.27. The third-order valence-electron chi connectivity index (χ3n) is 3.38. The summed E-state index contributed by atoms with van der Waals surface area (Å²) in [4.78, 5) is 13.7. The zero-order chi connectivity index (χ0) is 14.3. The maximum absolute atomic E-state index is 12.0. The van der Waals surface area contributed by atoms with Gasteiger partial charge in [0.2, 0.25) is 5.91 Å². The van der Waals surface area contributed by atoms with E-state index < -0.39 is 0 Å². The Morgan fingerprint density at radius 2 is 1.89 bits per heavy atom. The van der Waals surface area contributed by atoms with E-state index in [4.69, 9.17) is 5.73 Å². The second-order valence-corrected chi connectivity index (χ2v) is 6.39. The minimum absolute atomic E-state index is 0.198. The Bertz CT molecular complexity index is 279. The van der Waals surface area contributed by atoms with Crippen molar-refractivity contribution in [3.63, 3.8) is 0 Å². The molecular formula is C15H30N2O. The van der Waals surface area contributed by atoms with E-state index in [-0.39, 0.29) is 11.3 Å². The Morgan fingerprint density at radius 1 is 1.33 bits per heavy atom. The molecule has 1 unspecified atom stereocenters. The van der Waals surface area contributed by atoms with Crippen molar-refractivity contribution in [3.8, 4) is 0 Å². The second kappa shape index (κ2) is 7.57. The summed E-state index contributed by atoms with van der Waals surface area (Å²) < 4.78 is 0. The summed E-state index contributed by atoms with van der Waals surface area (Å²) in [5.74, 6) is 0.703. The molecule has 3 heteroatoms. The van der Waals surface area contributed by atoms with Crippen LogP contribution >= 0.6 is 0 Å². The van der Waals surface area contributed by atoms with Crippen molar-refractivity contribution in [3.05, 3.63) is 12.2 Å². The van der Waals surface area contributed by atoms with E-state index in [0.29, 0.717) is 25.4 Å². The molecule has 0 rings (SSSR count). The van der Waals surface area contributed by atoms with Crippen LogP contribution in [0.1, 0.15) is 47.0 Å². The van der Waals surface area contributed by atoms with E-state index in [1.54, 1.807) is 4.90 Å². The molecule has 0 bridgehead atoms. The molecule has 1 atom stereocenters. The van der Waals surface area contributed by atoms with Crippen molar-refractivity contribution in [2.75, 3.05) is 20.1 Å². The molecule has 0 radical (unpaired) electrons. The molecule has 0 aliphatic rings. The molecule has 0 heterocycles. The first-order valence-electron chi connectivity index (χ1n) is 6.77. The van der Waals surface area contributed by atoms with Gasteiger partial charge >= 0.3 is 0 Å². The number of rotatable bonds is 7. The highest BCUT2D eigenvalue weighted by Gasteiger charge is 2.24. The number of nitrogens with zero attached hydrogens (tertiary/aromatic N) is 1. The lowest BCUT2D eigenvalue weighted by Crippen LogP contribution is -2.30. The molecule has 0 saturated carbocycles. The van der Waals surface area contributed by atoms with Gasteiger partial charge in [-0.25, -0.2) is 0 Å². The molecule has 0 aromatic heterocycles. The first-order chi connectivity index (χ1) is 8.18. The minimum Gasteiger partial charge on any atom is -0.342 e. The summed E-state index contributed by atoms with van der Waals surface area (Å²) in [6.45, 7) is 13.8. The summed E-state index contributed by atoms with van der Waals surface area (Å²) >= 11 is 0. The molecule has 0 aliphatic heterocycles. The van der Waals surface area contributed by atoms with Crippen LogP contribution in [0.15, 0.2) is 12.2 Å². The van der Waals surface area contributed by atoms with Gasteiger partial charge in [0.15, 0.2) is 0 Å². The maximum Gasteiger partial charge on any atom is 0.222 e. The van der Waals surface area contributed by atoms with Crippen LogP contribution in [-0.2, 0) is 4.79 Å². The number of carbonyl (C=O) groups is 1. The number of likely N-dealkylation sites (N-methyl/N-ethyl adjacent to an activating group) is 1. The minimum atomic E-state index is 0.198. The molecule has 106 valence electrons. The third kappa shape index (κ3) is 6.80. The summed E-state index contributed by atoms with van der Waals surface area (Å²) in [6, 6.07) is 0. The first kappa shape index (κ1) is 17.2. The molecule has 1 amide bonds. The standard InChI is InChI=1S/C15H30N2O/c1-12(2)11-17(6)14(18)8-7-13(9-10-16)15(3,4)5/h13H,1,7-11,16H2,2-6H3. The van der Waals surface area contributed by atoms with Gasteiger partial charge in [0.1, 0.15) is 0 Å². The highest BCUT2D eigenvalue weighted by Crippen LogP contribution is 2.32. The number of amides is 1. The van der Waals surface area contributed by atoms with E-state index in [9.17, 15) is 4.79 Å². The van der Waals surface area contributed by atoms with Gasteiger partial charge in [0.05, 0.1) is 0 Å². The van der Waals surface area contributed by atoms with Gasteiger partial charge in [-0.05, 0) is 37.6 Å². The highest BCUT2D eigenvalue weighted by molar-refractivity contribution is 5.76. The zero-order valence-corrected chi connectivity index (χ0v) is 12.8. The number of hydrogen-bond donors (Lipinski definition) is 1. The molecule has 0 aliphatic carbocycles. The topological polar surface area (TPSA) is 46.3 Å². The van der Waals surface area contributed by atoms with E-state index in [1.807, 2.05) is 14.0 Å². The SMILES string of the molecule is C=C(C)CN(C)C(=O)CCC(CCN)C(C)(C)C. The van der Waals surface area contributed by atoms with Crippen molar-refractivity contribution in [1.82, 2.24) is 4.90 Å². The average molecular weight is 254 g/mol. The number of hydrogen-bond acceptors (Lipinski definition) is 2. The van der Waals surface area contributed by atoms with Crippen molar-refractivity contribution in [1.29, 1.82) is 0 Å². The van der Waals surface area contributed by atoms with Crippen LogP contribution in [0.4, 0.5) is 0 Å². The quantitative estimate of drug-likeness (QED) is 0.710. The van der Waals surface area contributed by atoms with Gasteiger partial charge in [-0.15, -0.1) is 0 Å². The molecule has 18 heavy (non-hydrogen) atoms. The van der Waals surface area contributed by atoms with E-state index in [2.05, 4.69) is 27.4 Å². The Labute approximate surface area is 112 Å². The summed E-state index contributed by atoms with van der Waals surface area (Å²) in [7, 11) is 1.84. The normalized spacial score (nSPS) is 13.2. The predicted molar refractivity (Wildman–Crippen MR) is 78.3 cm³/mol. The predicted octanol–water partition coefficient (Wildman–Crippen LogP) is 2.81. The molecule has 3 nitrogen and oxygen atoms in total. The van der Waals surface area contributed by atoms with Gasteiger partial charge in [0.25, 0.3) is 0 Å². The fraction of sp³-hybridized carbons (Fsp3) is 0.800. The molecule has 0 saturated heterocycles. The van der Waals surface area contributed by atoms with Gasteiger partial charge in [-0.3, -0.25) is 4.79 Å². The Morgan fingerprint density at radius 3 is 2.28 bits per heavy atom. The molecule has 0 fully saturated rings. The lowest BCUT2D eigenvalue weighted by Gasteiger charge is -2.31.